The second-order valence-corrected chi connectivity index (χ2v) is 5.62. The molecule has 140 valence electrons. The summed E-state index contributed by atoms with van der Waals surface area (Å²) in [6.07, 6.45) is -0.738. The van der Waals surface area contributed by atoms with Gasteiger partial charge in [0.1, 0.15) is 0 Å². The van der Waals surface area contributed by atoms with Crippen LogP contribution in [0.5, 0.6) is 11.5 Å². The lowest BCUT2D eigenvalue weighted by Gasteiger charge is -2.12. The van der Waals surface area contributed by atoms with Gasteiger partial charge in [0.05, 0.1) is 19.6 Å². The van der Waals surface area contributed by atoms with Crippen molar-refractivity contribution in [1.82, 2.24) is 5.32 Å². The van der Waals surface area contributed by atoms with Gasteiger partial charge in [0.15, 0.2) is 23.4 Å². The van der Waals surface area contributed by atoms with E-state index < -0.39 is 24.0 Å². The predicted molar refractivity (Wildman–Crippen MR) is 88.9 cm³/mol. The summed E-state index contributed by atoms with van der Waals surface area (Å²) >= 11 is 0. The van der Waals surface area contributed by atoms with E-state index in [9.17, 15) is 19.2 Å². The van der Waals surface area contributed by atoms with E-state index in [1.54, 1.807) is 23.5 Å². The van der Waals surface area contributed by atoms with Gasteiger partial charge in [-0.15, -0.1) is 0 Å². The lowest BCUT2D eigenvalue weighted by Crippen LogP contribution is -2.42. The molecule has 9 nitrogen and oxygen atoms in total. The Balaban J connectivity index is 1.86. The Bertz CT molecular complexity index is 717. The number of hydrogen-bond acceptors (Lipinski definition) is 7. The molecule has 1 aliphatic heterocycles. The SMILES string of the molecule is C[C@@H](OC(=O)CCC(=O)c1ccc2c(c1)OCCCO2)C(=O)NC(N)=O. The molecule has 3 amide bonds. The highest BCUT2D eigenvalue weighted by atomic mass is 16.5. The molecule has 1 aromatic carbocycles. The molecule has 26 heavy (non-hydrogen) atoms. The maximum absolute atomic E-state index is 12.2. The van der Waals surface area contributed by atoms with Crippen molar-refractivity contribution >= 4 is 23.7 Å². The van der Waals surface area contributed by atoms with Crippen molar-refractivity contribution in [1.29, 1.82) is 0 Å². The van der Waals surface area contributed by atoms with Gasteiger partial charge in [0, 0.05) is 18.4 Å². The second kappa shape index (κ2) is 8.84. The van der Waals surface area contributed by atoms with E-state index in [-0.39, 0.29) is 18.6 Å². The molecule has 0 radical (unpaired) electrons. The number of urea groups is 1. The fraction of sp³-hybridized carbons (Fsp3) is 0.412. The third-order valence-corrected chi connectivity index (χ3v) is 3.55. The van der Waals surface area contributed by atoms with Gasteiger partial charge in [-0.25, -0.2) is 4.79 Å². The number of imide groups is 1. The highest BCUT2D eigenvalue weighted by molar-refractivity contribution is 5.99. The first-order chi connectivity index (χ1) is 12.4. The van der Waals surface area contributed by atoms with Crippen LogP contribution in [0.25, 0.3) is 0 Å². The molecule has 1 aliphatic rings. The predicted octanol–water partition coefficient (Wildman–Crippen LogP) is 0.937. The summed E-state index contributed by atoms with van der Waals surface area (Å²) in [4.78, 5) is 46.0. The summed E-state index contributed by atoms with van der Waals surface area (Å²) in [6, 6.07) is 3.80. The smallest absolute Gasteiger partial charge is 0.318 e. The van der Waals surface area contributed by atoms with E-state index in [1.807, 2.05) is 0 Å². The van der Waals surface area contributed by atoms with E-state index >= 15 is 0 Å². The molecule has 1 atom stereocenters. The fourth-order valence-electron chi connectivity index (χ4n) is 2.23. The van der Waals surface area contributed by atoms with Crippen LogP contribution >= 0.6 is 0 Å². The fourth-order valence-corrected chi connectivity index (χ4v) is 2.23. The molecule has 0 saturated carbocycles. The van der Waals surface area contributed by atoms with Crippen LogP contribution in [0.15, 0.2) is 18.2 Å². The van der Waals surface area contributed by atoms with Gasteiger partial charge in [-0.2, -0.15) is 0 Å². The summed E-state index contributed by atoms with van der Waals surface area (Å²) in [5, 5.41) is 1.80. The molecule has 0 unspecified atom stereocenters. The molecule has 2 rings (SSSR count). The van der Waals surface area contributed by atoms with Crippen LogP contribution in [0.2, 0.25) is 0 Å². The van der Waals surface area contributed by atoms with Crippen LogP contribution in [-0.4, -0.2) is 43.0 Å². The minimum absolute atomic E-state index is 0.0946. The number of benzene rings is 1. The van der Waals surface area contributed by atoms with Crippen molar-refractivity contribution in [3.8, 4) is 11.5 Å². The first kappa shape index (κ1) is 19.2. The number of ether oxygens (including phenoxy) is 3. The quantitative estimate of drug-likeness (QED) is 0.566. The van der Waals surface area contributed by atoms with Gasteiger partial charge in [-0.3, -0.25) is 19.7 Å². The zero-order valence-corrected chi connectivity index (χ0v) is 14.3. The maximum atomic E-state index is 12.2. The number of fused-ring (bicyclic) bond motifs is 1. The number of nitrogens with two attached hydrogens (primary N) is 1. The van der Waals surface area contributed by atoms with Crippen LogP contribution in [-0.2, 0) is 14.3 Å². The number of primary amides is 1. The number of esters is 1. The van der Waals surface area contributed by atoms with E-state index in [0.717, 1.165) is 6.42 Å². The maximum Gasteiger partial charge on any atom is 0.318 e. The van der Waals surface area contributed by atoms with E-state index in [4.69, 9.17) is 19.9 Å². The number of ketones is 1. The molecule has 0 bridgehead atoms. The Hall–Kier alpha value is -3.10. The van der Waals surface area contributed by atoms with E-state index in [2.05, 4.69) is 0 Å². The minimum atomic E-state index is -1.19. The summed E-state index contributed by atoms with van der Waals surface area (Å²) < 4.78 is 15.9. The van der Waals surface area contributed by atoms with Crippen LogP contribution in [0.3, 0.4) is 0 Å². The summed E-state index contributed by atoms with van der Waals surface area (Å²) in [5.74, 6) is -0.771. The molecule has 9 heteroatoms. The number of Topliss-reactive ketones (excluding diaryl/α,β-unsaturated/α-hetero) is 1. The van der Waals surface area contributed by atoms with E-state index in [1.165, 1.54) is 6.92 Å². The molecule has 0 fully saturated rings. The average molecular weight is 364 g/mol. The molecule has 0 aliphatic carbocycles. The third-order valence-electron chi connectivity index (χ3n) is 3.55. The third kappa shape index (κ3) is 5.47. The summed E-state index contributed by atoms with van der Waals surface area (Å²) in [6.45, 7) is 2.34. The Morgan fingerprint density at radius 3 is 2.54 bits per heavy atom. The van der Waals surface area contributed by atoms with Crippen LogP contribution in [0.4, 0.5) is 4.79 Å². The Labute approximate surface area is 149 Å². The van der Waals surface area contributed by atoms with Gasteiger partial charge in [0.25, 0.3) is 5.91 Å². The number of carbonyl (C=O) groups excluding carboxylic acids is 4. The molecular formula is C17H20N2O7. The molecule has 0 spiro atoms. The monoisotopic (exact) mass is 364 g/mol. The van der Waals surface area contributed by atoms with E-state index in [0.29, 0.717) is 30.3 Å². The number of rotatable bonds is 6. The van der Waals surface area contributed by atoms with Crippen LogP contribution in [0, 0.1) is 0 Å². The number of nitrogens with one attached hydrogen (secondary N) is 1. The normalized spacial score (nSPS) is 13.9. The first-order valence-corrected chi connectivity index (χ1v) is 8.09. The highest BCUT2D eigenvalue weighted by Crippen LogP contribution is 2.30. The lowest BCUT2D eigenvalue weighted by atomic mass is 10.1. The Morgan fingerprint density at radius 1 is 1.15 bits per heavy atom. The number of carbonyl (C=O) groups is 4. The van der Waals surface area contributed by atoms with Crippen molar-refractivity contribution < 1.29 is 33.4 Å². The highest BCUT2D eigenvalue weighted by Gasteiger charge is 2.20. The molecule has 1 heterocycles. The number of amides is 3. The van der Waals surface area contributed by atoms with Gasteiger partial charge >= 0.3 is 12.0 Å². The largest absolute Gasteiger partial charge is 0.490 e. The Morgan fingerprint density at radius 2 is 1.85 bits per heavy atom. The first-order valence-electron chi connectivity index (χ1n) is 8.09. The van der Waals surface area contributed by atoms with Gasteiger partial charge in [0.2, 0.25) is 0 Å². The van der Waals surface area contributed by atoms with Crippen LogP contribution in [0.1, 0.15) is 36.5 Å². The van der Waals surface area contributed by atoms with Gasteiger partial charge in [-0.05, 0) is 25.1 Å². The minimum Gasteiger partial charge on any atom is -0.490 e. The van der Waals surface area contributed by atoms with Crippen molar-refractivity contribution in [3.63, 3.8) is 0 Å². The van der Waals surface area contributed by atoms with Crippen molar-refractivity contribution in [2.75, 3.05) is 13.2 Å². The average Bonchev–Trinajstić information content (AvgIpc) is 2.83. The second-order valence-electron chi connectivity index (χ2n) is 5.62. The molecule has 0 saturated heterocycles. The zero-order chi connectivity index (χ0) is 19.1. The summed E-state index contributed by atoms with van der Waals surface area (Å²) in [5.41, 5.74) is 5.20. The van der Waals surface area contributed by atoms with Crippen LogP contribution < -0.4 is 20.5 Å². The van der Waals surface area contributed by atoms with Gasteiger partial charge in [-0.1, -0.05) is 0 Å². The molecule has 0 aromatic heterocycles. The number of hydrogen-bond donors (Lipinski definition) is 2. The van der Waals surface area contributed by atoms with Crippen molar-refractivity contribution in [3.05, 3.63) is 23.8 Å². The van der Waals surface area contributed by atoms with Gasteiger partial charge < -0.3 is 19.9 Å². The van der Waals surface area contributed by atoms with Crippen molar-refractivity contribution in [2.45, 2.75) is 32.3 Å². The molecule has 1 aromatic rings. The van der Waals surface area contributed by atoms with Crippen molar-refractivity contribution in [2.24, 2.45) is 5.73 Å². The lowest BCUT2D eigenvalue weighted by molar-refractivity contribution is -0.154. The molecule has 3 N–H and O–H groups in total. The topological polar surface area (TPSA) is 134 Å². The molecular weight excluding hydrogens is 344 g/mol. The Kier molecular flexibility index (Phi) is 6.54. The zero-order valence-electron chi connectivity index (χ0n) is 14.3. The standard InChI is InChI=1S/C17H20N2O7/c1-10(16(22)19-17(18)23)26-15(21)6-4-12(20)11-3-5-13-14(9-11)25-8-2-7-24-13/h3,5,9-10H,2,4,6-8H2,1H3,(H3,18,19,22,23)/t10-/m1/s1. The summed E-state index contributed by atoms with van der Waals surface area (Å²) in [7, 11) is 0.